The lowest BCUT2D eigenvalue weighted by Gasteiger charge is -2.39. The highest BCUT2D eigenvalue weighted by molar-refractivity contribution is 6.30. The summed E-state index contributed by atoms with van der Waals surface area (Å²) in [6.07, 6.45) is 0. The topological polar surface area (TPSA) is 90.3 Å². The minimum absolute atomic E-state index is 0.203. The van der Waals surface area contributed by atoms with Crippen LogP contribution in [-0.4, -0.2) is 77.9 Å². The average Bonchev–Trinajstić information content (AvgIpc) is 2.74. The van der Waals surface area contributed by atoms with E-state index in [1.165, 1.54) is 11.1 Å². The highest BCUT2D eigenvalue weighted by atomic mass is 35.5. The fourth-order valence-corrected chi connectivity index (χ4v) is 3.62. The summed E-state index contributed by atoms with van der Waals surface area (Å²) in [5, 5.41) is 16.8. The standard InChI is InChI=1S/C21H25ClN2O3.C2H4O2/c22-19-8-6-18(7-9-19)21(17-4-2-1-3-5-17)24-12-10-23(11-13-24)14-15-27-16-20(25)26;1-2(3)4/h1-9,21H,10-16H2,(H,25,26);1H3,(H,3,4). The molecule has 7 nitrogen and oxygen atoms in total. The first-order valence-electron chi connectivity index (χ1n) is 10.1. The maximum Gasteiger partial charge on any atom is 0.329 e. The Labute approximate surface area is 187 Å². The summed E-state index contributed by atoms with van der Waals surface area (Å²) in [5.74, 6) is -1.76. The van der Waals surface area contributed by atoms with Crippen LogP contribution >= 0.6 is 11.6 Å². The van der Waals surface area contributed by atoms with Crippen molar-refractivity contribution in [3.8, 4) is 0 Å². The van der Waals surface area contributed by atoms with Crippen LogP contribution in [0.4, 0.5) is 0 Å². The number of halogens is 1. The van der Waals surface area contributed by atoms with Gasteiger partial charge in [-0.2, -0.15) is 0 Å². The fourth-order valence-electron chi connectivity index (χ4n) is 3.49. The van der Waals surface area contributed by atoms with Crippen molar-refractivity contribution in [2.75, 3.05) is 45.9 Å². The first-order chi connectivity index (χ1) is 14.9. The van der Waals surface area contributed by atoms with Crippen molar-refractivity contribution in [3.05, 3.63) is 70.7 Å². The molecule has 0 bridgehead atoms. The summed E-state index contributed by atoms with van der Waals surface area (Å²) in [5.41, 5.74) is 2.52. The molecule has 0 radical (unpaired) electrons. The van der Waals surface area contributed by atoms with Gasteiger partial charge in [-0.05, 0) is 23.3 Å². The number of piperazine rings is 1. The van der Waals surface area contributed by atoms with Crippen LogP contribution in [0.15, 0.2) is 54.6 Å². The second kappa shape index (κ2) is 13.1. The monoisotopic (exact) mass is 448 g/mol. The van der Waals surface area contributed by atoms with Gasteiger partial charge in [0.05, 0.1) is 12.6 Å². The second-order valence-electron chi connectivity index (χ2n) is 7.21. The van der Waals surface area contributed by atoms with E-state index in [1.807, 2.05) is 18.2 Å². The van der Waals surface area contributed by atoms with Crippen LogP contribution in [0.1, 0.15) is 24.1 Å². The number of aliphatic carboxylic acids is 2. The molecule has 1 heterocycles. The van der Waals surface area contributed by atoms with Gasteiger partial charge < -0.3 is 14.9 Å². The van der Waals surface area contributed by atoms with Gasteiger partial charge in [-0.15, -0.1) is 0 Å². The van der Waals surface area contributed by atoms with E-state index in [-0.39, 0.29) is 12.6 Å². The molecule has 1 saturated heterocycles. The van der Waals surface area contributed by atoms with Crippen molar-refractivity contribution in [1.29, 1.82) is 0 Å². The van der Waals surface area contributed by atoms with Crippen LogP contribution in [0, 0.1) is 0 Å². The number of nitrogens with zero attached hydrogens (tertiary/aromatic N) is 2. The van der Waals surface area contributed by atoms with Gasteiger partial charge in [0, 0.05) is 44.7 Å². The second-order valence-corrected chi connectivity index (χ2v) is 7.64. The van der Waals surface area contributed by atoms with E-state index in [4.69, 9.17) is 31.3 Å². The maximum atomic E-state index is 10.5. The predicted octanol–water partition coefficient (Wildman–Crippen LogP) is 3.24. The normalized spacial score (nSPS) is 15.5. The van der Waals surface area contributed by atoms with Gasteiger partial charge in [0.15, 0.2) is 0 Å². The van der Waals surface area contributed by atoms with Crippen molar-refractivity contribution in [1.82, 2.24) is 9.80 Å². The third kappa shape index (κ3) is 9.06. The number of hydrogen-bond donors (Lipinski definition) is 2. The zero-order valence-electron chi connectivity index (χ0n) is 17.6. The molecule has 1 aliphatic rings. The zero-order valence-corrected chi connectivity index (χ0v) is 18.4. The Bertz CT molecular complexity index is 804. The van der Waals surface area contributed by atoms with Gasteiger partial charge in [0.2, 0.25) is 0 Å². The minimum Gasteiger partial charge on any atom is -0.481 e. The van der Waals surface area contributed by atoms with Crippen molar-refractivity contribution < 1.29 is 24.5 Å². The number of carboxylic acids is 2. The molecule has 0 aromatic heterocycles. The quantitative estimate of drug-likeness (QED) is 0.599. The zero-order chi connectivity index (χ0) is 22.6. The average molecular weight is 449 g/mol. The number of benzene rings is 2. The molecular formula is C23H29ClN2O5. The number of rotatable bonds is 8. The molecule has 1 unspecified atom stereocenters. The molecule has 1 atom stereocenters. The Morgan fingerprint density at radius 2 is 1.52 bits per heavy atom. The molecular weight excluding hydrogens is 420 g/mol. The van der Waals surface area contributed by atoms with Crippen LogP contribution in [-0.2, 0) is 14.3 Å². The molecule has 0 saturated carbocycles. The van der Waals surface area contributed by atoms with Gasteiger partial charge in [-0.1, -0.05) is 54.1 Å². The summed E-state index contributed by atoms with van der Waals surface area (Å²) < 4.78 is 5.15. The lowest BCUT2D eigenvalue weighted by molar-refractivity contribution is -0.142. The third-order valence-corrected chi connectivity index (χ3v) is 5.10. The van der Waals surface area contributed by atoms with Crippen molar-refractivity contribution in [2.24, 2.45) is 0 Å². The van der Waals surface area contributed by atoms with E-state index in [2.05, 4.69) is 46.2 Å². The van der Waals surface area contributed by atoms with Crippen molar-refractivity contribution in [2.45, 2.75) is 13.0 Å². The van der Waals surface area contributed by atoms with Crippen LogP contribution in [0.3, 0.4) is 0 Å². The van der Waals surface area contributed by atoms with Gasteiger partial charge in [0.1, 0.15) is 6.61 Å². The Hall–Kier alpha value is -2.45. The Kier molecular flexibility index (Phi) is 10.5. The van der Waals surface area contributed by atoms with E-state index in [1.54, 1.807) is 0 Å². The van der Waals surface area contributed by atoms with Gasteiger partial charge >= 0.3 is 5.97 Å². The highest BCUT2D eigenvalue weighted by Gasteiger charge is 2.26. The van der Waals surface area contributed by atoms with E-state index < -0.39 is 11.9 Å². The first-order valence-corrected chi connectivity index (χ1v) is 10.5. The molecule has 0 amide bonds. The van der Waals surface area contributed by atoms with Crippen LogP contribution in [0.2, 0.25) is 5.02 Å². The molecule has 1 aliphatic heterocycles. The number of carboxylic acid groups (broad SMARTS) is 2. The largest absolute Gasteiger partial charge is 0.481 e. The summed E-state index contributed by atoms with van der Waals surface area (Å²) in [6.45, 7) is 5.83. The summed E-state index contributed by atoms with van der Waals surface area (Å²) in [6, 6.07) is 18.8. The van der Waals surface area contributed by atoms with Crippen molar-refractivity contribution in [3.63, 3.8) is 0 Å². The predicted molar refractivity (Wildman–Crippen MR) is 120 cm³/mol. The Balaban J connectivity index is 0.000000785. The van der Waals surface area contributed by atoms with E-state index in [0.717, 1.165) is 44.7 Å². The number of carbonyl (C=O) groups is 2. The molecule has 0 aliphatic carbocycles. The van der Waals surface area contributed by atoms with Crippen molar-refractivity contribution >= 4 is 23.5 Å². The number of ether oxygens (including phenoxy) is 1. The minimum atomic E-state index is -0.923. The SMILES string of the molecule is CC(=O)O.O=C(O)COCCN1CCN(C(c2ccccc2)c2ccc(Cl)cc2)CC1. The van der Waals surface area contributed by atoms with Crippen LogP contribution in [0.5, 0.6) is 0 Å². The van der Waals surface area contributed by atoms with Gasteiger partial charge in [-0.3, -0.25) is 14.6 Å². The van der Waals surface area contributed by atoms with E-state index in [0.29, 0.717) is 6.61 Å². The Morgan fingerprint density at radius 1 is 0.968 bits per heavy atom. The number of hydrogen-bond acceptors (Lipinski definition) is 5. The molecule has 8 heteroatoms. The molecule has 0 spiro atoms. The molecule has 168 valence electrons. The summed E-state index contributed by atoms with van der Waals surface area (Å²) in [7, 11) is 0. The Morgan fingerprint density at radius 3 is 2.06 bits per heavy atom. The van der Waals surface area contributed by atoms with E-state index in [9.17, 15) is 4.79 Å². The lowest BCUT2D eigenvalue weighted by atomic mass is 9.96. The highest BCUT2D eigenvalue weighted by Crippen LogP contribution is 2.30. The summed E-state index contributed by atoms with van der Waals surface area (Å²) in [4.78, 5) is 24.3. The molecule has 2 aromatic rings. The fraction of sp³-hybridized carbons (Fsp3) is 0.391. The third-order valence-electron chi connectivity index (χ3n) is 4.85. The van der Waals surface area contributed by atoms with Gasteiger partial charge in [0.25, 0.3) is 5.97 Å². The first kappa shape index (κ1) is 24.8. The molecule has 31 heavy (non-hydrogen) atoms. The maximum absolute atomic E-state index is 10.5. The molecule has 3 rings (SSSR count). The van der Waals surface area contributed by atoms with Crippen LogP contribution < -0.4 is 0 Å². The smallest absolute Gasteiger partial charge is 0.329 e. The molecule has 2 aromatic carbocycles. The summed E-state index contributed by atoms with van der Waals surface area (Å²) >= 11 is 6.08. The van der Waals surface area contributed by atoms with Gasteiger partial charge in [-0.25, -0.2) is 4.79 Å². The van der Waals surface area contributed by atoms with Crippen LogP contribution in [0.25, 0.3) is 0 Å². The lowest BCUT2D eigenvalue weighted by Crippen LogP contribution is -2.48. The molecule has 1 fully saturated rings. The molecule has 2 N–H and O–H groups in total. The van der Waals surface area contributed by atoms with E-state index >= 15 is 0 Å².